The van der Waals surface area contributed by atoms with E-state index in [4.69, 9.17) is 5.73 Å². The highest BCUT2D eigenvalue weighted by atomic mass is 19.3. The molecule has 0 unspecified atom stereocenters. The van der Waals surface area contributed by atoms with Gasteiger partial charge >= 0.3 is 0 Å². The largest absolute Gasteiger partial charge is 0.398 e. The lowest BCUT2D eigenvalue weighted by Crippen LogP contribution is -2.12. The first-order valence-corrected chi connectivity index (χ1v) is 3.30. The van der Waals surface area contributed by atoms with Gasteiger partial charge in [-0.1, -0.05) is 0 Å². The molecule has 0 saturated carbocycles. The van der Waals surface area contributed by atoms with Crippen molar-refractivity contribution in [3.8, 4) is 0 Å². The number of hydrogen-bond acceptors (Lipinski definition) is 2. The van der Waals surface area contributed by atoms with Gasteiger partial charge in [-0.15, -0.1) is 0 Å². The van der Waals surface area contributed by atoms with E-state index in [2.05, 4.69) is 0 Å². The monoisotopic (exact) mass is 174 g/mol. The Balaban J connectivity index is 3.38. The Morgan fingerprint density at radius 2 is 2.17 bits per heavy atom. The lowest BCUT2D eigenvalue weighted by molar-refractivity contribution is 0.145. The van der Waals surface area contributed by atoms with Gasteiger partial charge in [-0.3, -0.25) is 4.79 Å². The summed E-state index contributed by atoms with van der Waals surface area (Å²) in [5.41, 5.74) is 4.62. The van der Waals surface area contributed by atoms with Crippen LogP contribution in [-0.4, -0.2) is 4.98 Å². The first-order valence-electron chi connectivity index (χ1n) is 3.30. The summed E-state index contributed by atoms with van der Waals surface area (Å²) in [6.07, 6.45) is -2.69. The topological polar surface area (TPSA) is 58.9 Å². The molecule has 0 spiro atoms. The summed E-state index contributed by atoms with van der Waals surface area (Å²) in [7, 11) is 0. The lowest BCUT2D eigenvalue weighted by atomic mass is 10.2. The van der Waals surface area contributed by atoms with Crippen LogP contribution in [0.3, 0.4) is 0 Å². The van der Waals surface area contributed by atoms with Crippen LogP contribution >= 0.6 is 0 Å². The van der Waals surface area contributed by atoms with Crippen molar-refractivity contribution in [1.29, 1.82) is 0 Å². The number of aromatic nitrogens is 1. The highest BCUT2D eigenvalue weighted by molar-refractivity contribution is 5.47. The number of hydrogen-bond donors (Lipinski definition) is 2. The van der Waals surface area contributed by atoms with Crippen molar-refractivity contribution in [1.82, 2.24) is 4.98 Å². The van der Waals surface area contributed by atoms with Crippen molar-refractivity contribution >= 4 is 5.69 Å². The van der Waals surface area contributed by atoms with Crippen molar-refractivity contribution < 1.29 is 8.78 Å². The van der Waals surface area contributed by atoms with Gasteiger partial charge in [0.25, 0.3) is 6.43 Å². The Bertz CT molecular complexity index is 346. The van der Waals surface area contributed by atoms with E-state index in [9.17, 15) is 13.6 Å². The maximum absolute atomic E-state index is 12.2. The molecule has 0 radical (unpaired) electrons. The summed E-state index contributed by atoms with van der Waals surface area (Å²) < 4.78 is 24.3. The van der Waals surface area contributed by atoms with Crippen molar-refractivity contribution in [2.45, 2.75) is 13.3 Å². The predicted octanol–water partition coefficient (Wildman–Crippen LogP) is 1.20. The van der Waals surface area contributed by atoms with E-state index in [-0.39, 0.29) is 11.3 Å². The van der Waals surface area contributed by atoms with E-state index in [0.29, 0.717) is 0 Å². The molecule has 0 fully saturated rings. The molecule has 0 amide bonds. The predicted molar refractivity (Wildman–Crippen MR) is 41.2 cm³/mol. The molecule has 1 heterocycles. The molecule has 3 nitrogen and oxygen atoms in total. The first kappa shape index (κ1) is 8.70. The van der Waals surface area contributed by atoms with Crippen LogP contribution in [0.15, 0.2) is 10.9 Å². The van der Waals surface area contributed by atoms with Gasteiger partial charge in [0.05, 0.1) is 5.69 Å². The molecule has 0 aliphatic heterocycles. The van der Waals surface area contributed by atoms with Gasteiger partial charge < -0.3 is 10.7 Å². The number of alkyl halides is 2. The molecule has 5 heteroatoms. The van der Waals surface area contributed by atoms with Crippen LogP contribution < -0.4 is 11.3 Å². The molecular formula is C7H8F2N2O. The third-order valence-electron chi connectivity index (χ3n) is 1.60. The van der Waals surface area contributed by atoms with Crippen molar-refractivity contribution in [2.24, 2.45) is 0 Å². The van der Waals surface area contributed by atoms with Crippen LogP contribution in [0, 0.1) is 6.92 Å². The van der Waals surface area contributed by atoms with Crippen molar-refractivity contribution in [3.63, 3.8) is 0 Å². The van der Waals surface area contributed by atoms with Gasteiger partial charge in [0.2, 0.25) is 5.56 Å². The van der Waals surface area contributed by atoms with Crippen LogP contribution in [-0.2, 0) is 0 Å². The van der Waals surface area contributed by atoms with Gasteiger partial charge in [0.1, 0.15) is 0 Å². The molecule has 0 saturated heterocycles. The second-order valence-corrected chi connectivity index (χ2v) is 2.43. The van der Waals surface area contributed by atoms with Crippen molar-refractivity contribution in [2.75, 3.05) is 5.73 Å². The van der Waals surface area contributed by atoms with Crippen LogP contribution in [0.4, 0.5) is 14.5 Å². The molecule has 1 aromatic heterocycles. The Labute approximate surface area is 67.2 Å². The average Bonchev–Trinajstić information content (AvgIpc) is 1.96. The third kappa shape index (κ3) is 1.44. The summed E-state index contributed by atoms with van der Waals surface area (Å²) in [5.74, 6) is 0. The number of nitrogens with two attached hydrogens (primary N) is 1. The van der Waals surface area contributed by atoms with Crippen LogP contribution in [0.1, 0.15) is 17.7 Å². The number of anilines is 1. The highest BCUT2D eigenvalue weighted by Gasteiger charge is 2.13. The van der Waals surface area contributed by atoms with E-state index in [1.54, 1.807) is 0 Å². The maximum atomic E-state index is 12.2. The zero-order valence-corrected chi connectivity index (χ0v) is 6.40. The number of nitrogen functional groups attached to an aromatic ring is 1. The molecule has 3 N–H and O–H groups in total. The maximum Gasteiger partial charge on any atom is 0.278 e. The third-order valence-corrected chi connectivity index (χ3v) is 1.60. The van der Waals surface area contributed by atoms with E-state index in [1.165, 1.54) is 6.92 Å². The van der Waals surface area contributed by atoms with E-state index in [1.807, 2.05) is 4.98 Å². The number of aromatic amines is 1. The van der Waals surface area contributed by atoms with Gasteiger partial charge in [0, 0.05) is 11.8 Å². The Hall–Kier alpha value is -1.39. The van der Waals surface area contributed by atoms with Gasteiger partial charge in [-0.2, -0.15) is 0 Å². The summed E-state index contributed by atoms with van der Waals surface area (Å²) in [5, 5.41) is 0. The Kier molecular flexibility index (Phi) is 2.12. The summed E-state index contributed by atoms with van der Waals surface area (Å²) in [6, 6.07) is 1.08. The van der Waals surface area contributed by atoms with Gasteiger partial charge in [0.15, 0.2) is 0 Å². The zero-order chi connectivity index (χ0) is 9.30. The molecule has 1 rings (SSSR count). The second kappa shape index (κ2) is 2.92. The minimum Gasteiger partial charge on any atom is -0.398 e. The molecule has 0 aromatic carbocycles. The van der Waals surface area contributed by atoms with Gasteiger partial charge in [-0.25, -0.2) is 8.78 Å². The number of H-pyrrole nitrogens is 1. The standard InChI is InChI=1S/C7H8F2N2O/c1-3-4(10)2-5(12)11-6(3)7(8)9/h2,7H,1H3,(H3,10,11,12). The molecular weight excluding hydrogens is 166 g/mol. The summed E-state index contributed by atoms with van der Waals surface area (Å²) in [4.78, 5) is 12.7. The van der Waals surface area contributed by atoms with Crippen LogP contribution in [0.2, 0.25) is 0 Å². The fourth-order valence-electron chi connectivity index (χ4n) is 0.886. The fourth-order valence-corrected chi connectivity index (χ4v) is 0.886. The number of halogens is 2. The Morgan fingerprint density at radius 1 is 1.58 bits per heavy atom. The molecule has 0 bridgehead atoms. The number of nitrogens with one attached hydrogen (secondary N) is 1. The first-order chi connectivity index (χ1) is 5.52. The van der Waals surface area contributed by atoms with Crippen LogP contribution in [0.25, 0.3) is 0 Å². The molecule has 66 valence electrons. The smallest absolute Gasteiger partial charge is 0.278 e. The molecule has 1 aromatic rings. The molecule has 0 aliphatic carbocycles. The highest BCUT2D eigenvalue weighted by Crippen LogP contribution is 2.21. The molecule has 12 heavy (non-hydrogen) atoms. The average molecular weight is 174 g/mol. The van der Waals surface area contributed by atoms with E-state index >= 15 is 0 Å². The van der Waals surface area contributed by atoms with Gasteiger partial charge in [-0.05, 0) is 12.5 Å². The van der Waals surface area contributed by atoms with E-state index < -0.39 is 17.7 Å². The second-order valence-electron chi connectivity index (χ2n) is 2.43. The molecule has 0 atom stereocenters. The quantitative estimate of drug-likeness (QED) is 0.672. The summed E-state index contributed by atoms with van der Waals surface area (Å²) >= 11 is 0. The number of pyridine rings is 1. The zero-order valence-electron chi connectivity index (χ0n) is 6.40. The minimum absolute atomic E-state index is 0.0917. The summed E-state index contributed by atoms with van der Waals surface area (Å²) in [6.45, 7) is 1.44. The fraction of sp³-hybridized carbons (Fsp3) is 0.286. The lowest BCUT2D eigenvalue weighted by Gasteiger charge is -2.05. The van der Waals surface area contributed by atoms with Crippen molar-refractivity contribution in [3.05, 3.63) is 27.7 Å². The minimum atomic E-state index is -2.69. The normalized spacial score (nSPS) is 10.7. The van der Waals surface area contributed by atoms with Crippen LogP contribution in [0.5, 0.6) is 0 Å². The molecule has 0 aliphatic rings. The Morgan fingerprint density at radius 3 is 2.67 bits per heavy atom. The number of rotatable bonds is 1. The van der Waals surface area contributed by atoms with E-state index in [0.717, 1.165) is 6.07 Å². The SMILES string of the molecule is Cc1c(N)cc(=O)[nH]c1C(F)F.